The van der Waals surface area contributed by atoms with E-state index in [4.69, 9.17) is 15.0 Å². The van der Waals surface area contributed by atoms with Crippen molar-refractivity contribution in [2.45, 2.75) is 0 Å². The quantitative estimate of drug-likeness (QED) is 0.168. The SMILES string of the molecule is c1ccc(-c2ccc3c(c2)c2ccccc2n3-c2cccc3c4ccc5c(sc6cccc(-c7nc(-c8ccccc8)nc(-c8ccccc8)n7)c65)c4n(-c4ccccc4)c23)cc1. The van der Waals surface area contributed by atoms with E-state index in [1.54, 1.807) is 0 Å². The molecule has 0 aliphatic carbocycles. The smallest absolute Gasteiger partial charge is 0.164 e. The number of rotatable bonds is 6. The molecule has 0 saturated carbocycles. The Labute approximate surface area is 366 Å². The van der Waals surface area contributed by atoms with Gasteiger partial charge in [0.25, 0.3) is 0 Å². The molecule has 0 spiro atoms. The molecule has 4 aromatic heterocycles. The van der Waals surface area contributed by atoms with Crippen molar-refractivity contribution >= 4 is 75.1 Å². The van der Waals surface area contributed by atoms with Gasteiger partial charge in [0.15, 0.2) is 17.5 Å². The number of para-hydroxylation sites is 3. The summed E-state index contributed by atoms with van der Waals surface area (Å²) >= 11 is 1.83. The molecule has 5 nitrogen and oxygen atoms in total. The number of thiophene rings is 1. The van der Waals surface area contributed by atoms with Crippen molar-refractivity contribution in [1.82, 2.24) is 24.1 Å². The average Bonchev–Trinajstić information content (AvgIpc) is 4.03. The van der Waals surface area contributed by atoms with Crippen LogP contribution in [0.2, 0.25) is 0 Å². The van der Waals surface area contributed by atoms with Gasteiger partial charge in [0.1, 0.15) is 0 Å². The third-order valence-electron chi connectivity index (χ3n) is 12.4. The van der Waals surface area contributed by atoms with E-state index in [1.807, 2.05) is 47.7 Å². The number of nitrogens with zero attached hydrogens (tertiary/aromatic N) is 5. The molecule has 0 saturated heterocycles. The summed E-state index contributed by atoms with van der Waals surface area (Å²) in [5.41, 5.74) is 12.2. The normalized spacial score (nSPS) is 11.8. The fraction of sp³-hybridized carbons (Fsp3) is 0. The van der Waals surface area contributed by atoms with Crippen molar-refractivity contribution in [1.29, 1.82) is 0 Å². The zero-order valence-corrected chi connectivity index (χ0v) is 34.7. The maximum atomic E-state index is 5.18. The fourth-order valence-corrected chi connectivity index (χ4v) is 10.9. The topological polar surface area (TPSA) is 48.5 Å². The summed E-state index contributed by atoms with van der Waals surface area (Å²) in [5, 5.41) is 7.19. The van der Waals surface area contributed by atoms with Crippen LogP contribution in [0.4, 0.5) is 0 Å². The second-order valence-corrected chi connectivity index (χ2v) is 17.0. The molecule has 0 aliphatic rings. The number of hydrogen-bond acceptors (Lipinski definition) is 4. The minimum absolute atomic E-state index is 0.650. The Morgan fingerprint density at radius 3 is 1.65 bits per heavy atom. The third-order valence-corrected chi connectivity index (χ3v) is 13.5. The highest BCUT2D eigenvalue weighted by molar-refractivity contribution is 7.26. The van der Waals surface area contributed by atoms with Gasteiger partial charge in [-0.1, -0.05) is 170 Å². The van der Waals surface area contributed by atoms with Crippen LogP contribution in [-0.2, 0) is 0 Å². The minimum Gasteiger partial charge on any atom is -0.307 e. The lowest BCUT2D eigenvalue weighted by Crippen LogP contribution is -2.00. The van der Waals surface area contributed by atoms with Crippen molar-refractivity contribution in [2.24, 2.45) is 0 Å². The van der Waals surface area contributed by atoms with Gasteiger partial charge < -0.3 is 9.13 Å². The predicted octanol–water partition coefficient (Wildman–Crippen LogP) is 15.1. The van der Waals surface area contributed by atoms with Crippen molar-refractivity contribution in [2.75, 3.05) is 0 Å². The molecule has 0 bridgehead atoms. The van der Waals surface area contributed by atoms with Crippen LogP contribution in [0.5, 0.6) is 0 Å². The first kappa shape index (κ1) is 35.6. The molecule has 4 heterocycles. The lowest BCUT2D eigenvalue weighted by molar-refractivity contribution is 1.08. The zero-order chi connectivity index (χ0) is 41.4. The summed E-state index contributed by atoms with van der Waals surface area (Å²) in [4.78, 5) is 15.4. The van der Waals surface area contributed by atoms with Gasteiger partial charge >= 0.3 is 0 Å². The Balaban J connectivity index is 1.10. The summed E-state index contributed by atoms with van der Waals surface area (Å²) in [7, 11) is 0. The molecule has 0 radical (unpaired) electrons. The summed E-state index contributed by atoms with van der Waals surface area (Å²) < 4.78 is 7.37. The zero-order valence-electron chi connectivity index (χ0n) is 33.9. The first-order valence-corrected chi connectivity index (χ1v) is 22.0. The summed E-state index contributed by atoms with van der Waals surface area (Å²) in [6.45, 7) is 0. The van der Waals surface area contributed by atoms with Gasteiger partial charge in [0, 0.05) is 59.4 Å². The van der Waals surface area contributed by atoms with E-state index in [0.29, 0.717) is 17.5 Å². The highest BCUT2D eigenvalue weighted by atomic mass is 32.1. The molecule has 6 heteroatoms. The molecule has 0 atom stereocenters. The summed E-state index contributed by atoms with van der Waals surface area (Å²) in [6, 6.07) is 75.5. The molecular formula is C57H35N5S. The highest BCUT2D eigenvalue weighted by Gasteiger charge is 2.24. The number of fused-ring (bicyclic) bond motifs is 10. The first-order chi connectivity index (χ1) is 31.3. The third kappa shape index (κ3) is 5.59. The van der Waals surface area contributed by atoms with E-state index in [1.165, 1.54) is 64.0 Å². The van der Waals surface area contributed by atoms with E-state index < -0.39 is 0 Å². The van der Waals surface area contributed by atoms with Crippen LogP contribution in [-0.4, -0.2) is 24.1 Å². The largest absolute Gasteiger partial charge is 0.307 e. The first-order valence-electron chi connectivity index (χ1n) is 21.2. The second kappa shape index (κ2) is 14.2. The molecule has 13 rings (SSSR count). The number of aromatic nitrogens is 5. The number of hydrogen-bond donors (Lipinski definition) is 0. The minimum atomic E-state index is 0.650. The van der Waals surface area contributed by atoms with Gasteiger partial charge in [-0.2, -0.15) is 0 Å². The molecule has 0 amide bonds. The Kier molecular flexibility index (Phi) is 8.01. The maximum absolute atomic E-state index is 5.18. The predicted molar refractivity (Wildman–Crippen MR) is 263 cm³/mol. The molecule has 0 fully saturated rings. The van der Waals surface area contributed by atoms with Crippen LogP contribution < -0.4 is 0 Å². The molecular weight excluding hydrogens is 787 g/mol. The van der Waals surface area contributed by atoms with E-state index in [2.05, 4.69) is 185 Å². The molecule has 0 N–H and O–H groups in total. The van der Waals surface area contributed by atoms with E-state index in [9.17, 15) is 0 Å². The van der Waals surface area contributed by atoms with Crippen LogP contribution in [0, 0.1) is 0 Å². The van der Waals surface area contributed by atoms with Crippen LogP contribution >= 0.6 is 11.3 Å². The standard InChI is InChI=1S/C57H35N5S/c1-5-17-36(18-6-1)39-31-34-48-46(35-39)41-25-13-14-28-47(41)62(48)49-29-15-26-42-43-32-33-44-51-45(27-16-30-50(51)63-54(44)53(43)61(52(42)49)40-23-11-4-12-24-40)57-59-55(37-19-7-2-8-20-37)58-56(60-57)38-21-9-3-10-22-38/h1-35H. The molecule has 9 aromatic carbocycles. The molecule has 0 aliphatic heterocycles. The van der Waals surface area contributed by atoms with E-state index in [0.717, 1.165) is 39.0 Å². The van der Waals surface area contributed by atoms with Gasteiger partial charge in [0.05, 0.1) is 32.5 Å². The van der Waals surface area contributed by atoms with Gasteiger partial charge in [-0.15, -0.1) is 11.3 Å². The lowest BCUT2D eigenvalue weighted by atomic mass is 10.0. The van der Waals surface area contributed by atoms with Crippen molar-refractivity contribution in [3.8, 4) is 56.7 Å². The van der Waals surface area contributed by atoms with Gasteiger partial charge in [-0.25, -0.2) is 15.0 Å². The Morgan fingerprint density at radius 2 is 0.921 bits per heavy atom. The van der Waals surface area contributed by atoms with Crippen molar-refractivity contribution < 1.29 is 0 Å². The van der Waals surface area contributed by atoms with Crippen LogP contribution in [0.15, 0.2) is 212 Å². The van der Waals surface area contributed by atoms with Gasteiger partial charge in [-0.05, 0) is 53.6 Å². The Hall–Kier alpha value is -8.19. The molecule has 13 aromatic rings. The summed E-state index contributed by atoms with van der Waals surface area (Å²) in [6.07, 6.45) is 0. The van der Waals surface area contributed by atoms with E-state index >= 15 is 0 Å². The van der Waals surface area contributed by atoms with Crippen LogP contribution in [0.3, 0.4) is 0 Å². The second-order valence-electron chi connectivity index (χ2n) is 16.0. The molecule has 0 unspecified atom stereocenters. The Morgan fingerprint density at radius 1 is 0.349 bits per heavy atom. The van der Waals surface area contributed by atoms with Gasteiger partial charge in [0.2, 0.25) is 0 Å². The van der Waals surface area contributed by atoms with Gasteiger partial charge in [-0.3, -0.25) is 0 Å². The van der Waals surface area contributed by atoms with Crippen LogP contribution in [0.25, 0.3) is 120 Å². The number of benzene rings is 9. The fourth-order valence-electron chi connectivity index (χ4n) is 9.58. The Bertz CT molecular complexity index is 3830. The lowest BCUT2D eigenvalue weighted by Gasteiger charge is -2.14. The monoisotopic (exact) mass is 821 g/mol. The average molecular weight is 822 g/mol. The maximum Gasteiger partial charge on any atom is 0.164 e. The summed E-state index contributed by atoms with van der Waals surface area (Å²) in [5.74, 6) is 1.95. The van der Waals surface area contributed by atoms with Crippen LogP contribution in [0.1, 0.15) is 0 Å². The van der Waals surface area contributed by atoms with Crippen molar-refractivity contribution in [3.63, 3.8) is 0 Å². The van der Waals surface area contributed by atoms with E-state index in [-0.39, 0.29) is 0 Å². The molecule has 294 valence electrons. The van der Waals surface area contributed by atoms with Crippen molar-refractivity contribution in [3.05, 3.63) is 212 Å². The highest BCUT2D eigenvalue weighted by Crippen LogP contribution is 2.47. The molecule has 63 heavy (non-hydrogen) atoms.